The Morgan fingerprint density at radius 1 is 1.42 bits per heavy atom. The van der Waals surface area contributed by atoms with Crippen LogP contribution >= 0.6 is 0 Å². The number of aromatic nitrogens is 2. The summed E-state index contributed by atoms with van der Waals surface area (Å²) in [5.74, 6) is -0.0571. The van der Waals surface area contributed by atoms with Gasteiger partial charge < -0.3 is 19.6 Å². The average Bonchev–Trinajstić information content (AvgIpc) is 3.03. The zero-order valence-electron chi connectivity index (χ0n) is 15.7. The Bertz CT molecular complexity index is 830. The van der Waals surface area contributed by atoms with Gasteiger partial charge in [-0.1, -0.05) is 5.16 Å². The minimum absolute atomic E-state index is 0.0315. The molecule has 1 aliphatic heterocycles. The van der Waals surface area contributed by atoms with Gasteiger partial charge >= 0.3 is 0 Å². The van der Waals surface area contributed by atoms with E-state index in [4.69, 9.17) is 4.52 Å². The monoisotopic (exact) mass is 359 g/mol. The predicted octanol–water partition coefficient (Wildman–Crippen LogP) is 1.16. The van der Waals surface area contributed by atoms with Crippen molar-refractivity contribution >= 4 is 22.9 Å². The molecule has 1 saturated heterocycles. The third-order valence-electron chi connectivity index (χ3n) is 4.68. The summed E-state index contributed by atoms with van der Waals surface area (Å²) in [7, 11) is 5.36. The van der Waals surface area contributed by atoms with E-state index in [9.17, 15) is 9.59 Å². The summed E-state index contributed by atoms with van der Waals surface area (Å²) < 4.78 is 5.43. The van der Waals surface area contributed by atoms with Crippen molar-refractivity contribution in [2.75, 3.05) is 40.8 Å². The maximum absolute atomic E-state index is 12.4. The summed E-state index contributed by atoms with van der Waals surface area (Å²) in [4.78, 5) is 32.9. The smallest absolute Gasteiger partial charge is 0.259 e. The number of rotatable bonds is 4. The van der Waals surface area contributed by atoms with Crippen molar-refractivity contribution in [1.29, 1.82) is 0 Å². The molecule has 2 amide bonds. The van der Waals surface area contributed by atoms with Gasteiger partial charge in [0, 0.05) is 31.7 Å². The zero-order valence-corrected chi connectivity index (χ0v) is 15.7. The third kappa shape index (κ3) is 3.55. The number of pyridine rings is 1. The molecule has 1 aliphatic rings. The van der Waals surface area contributed by atoms with Crippen LogP contribution in [0.4, 0.5) is 0 Å². The Hall–Kier alpha value is -2.48. The minimum atomic E-state index is -0.193. The third-order valence-corrected chi connectivity index (χ3v) is 4.68. The number of nitrogens with zero attached hydrogens (tertiary/aromatic N) is 4. The van der Waals surface area contributed by atoms with E-state index in [0.717, 1.165) is 19.4 Å². The normalized spacial score (nSPS) is 17.7. The van der Waals surface area contributed by atoms with Crippen LogP contribution in [0.3, 0.4) is 0 Å². The molecule has 0 radical (unpaired) electrons. The largest absolute Gasteiger partial charge is 0.355 e. The Morgan fingerprint density at radius 2 is 2.19 bits per heavy atom. The van der Waals surface area contributed by atoms with E-state index in [2.05, 4.69) is 15.5 Å². The van der Waals surface area contributed by atoms with Crippen molar-refractivity contribution in [2.45, 2.75) is 25.7 Å². The Labute approximate surface area is 152 Å². The number of carbonyl (C=O) groups excluding carboxylic acids is 2. The van der Waals surface area contributed by atoms with Gasteiger partial charge in [-0.15, -0.1) is 0 Å². The van der Waals surface area contributed by atoms with Crippen molar-refractivity contribution in [3.63, 3.8) is 0 Å². The fourth-order valence-corrected chi connectivity index (χ4v) is 3.49. The lowest BCUT2D eigenvalue weighted by Gasteiger charge is -2.32. The summed E-state index contributed by atoms with van der Waals surface area (Å²) in [5, 5.41) is 7.54. The SMILES string of the molecule is CNC(=O)c1cc(C)nc2onc(C3CCCN(C(=O)CN(C)C)C3)c12. The molecule has 1 N–H and O–H groups in total. The number of likely N-dealkylation sites (N-methyl/N-ethyl adjacent to an activating group) is 1. The standard InChI is InChI=1S/C18H25N5O3/c1-11-8-13(17(25)19-2)15-16(21-26-18(15)20-11)12-6-5-7-23(9-12)14(24)10-22(3)4/h8,12H,5-7,9-10H2,1-4H3,(H,19,25). The highest BCUT2D eigenvalue weighted by Crippen LogP contribution is 2.33. The molecule has 140 valence electrons. The molecule has 1 fully saturated rings. The Morgan fingerprint density at radius 3 is 2.88 bits per heavy atom. The lowest BCUT2D eigenvalue weighted by atomic mass is 9.91. The minimum Gasteiger partial charge on any atom is -0.355 e. The van der Waals surface area contributed by atoms with E-state index in [0.29, 0.717) is 41.1 Å². The van der Waals surface area contributed by atoms with Crippen LogP contribution in [0, 0.1) is 6.92 Å². The van der Waals surface area contributed by atoms with Crippen LogP contribution in [0.2, 0.25) is 0 Å². The first-order chi connectivity index (χ1) is 12.4. The van der Waals surface area contributed by atoms with E-state index in [1.807, 2.05) is 30.8 Å². The fraction of sp³-hybridized carbons (Fsp3) is 0.556. The maximum Gasteiger partial charge on any atom is 0.259 e. The molecule has 0 aromatic carbocycles. The average molecular weight is 359 g/mol. The van der Waals surface area contributed by atoms with Gasteiger partial charge in [0.15, 0.2) is 0 Å². The van der Waals surface area contributed by atoms with Crippen molar-refractivity contribution < 1.29 is 14.1 Å². The number of nitrogens with one attached hydrogen (secondary N) is 1. The molecular weight excluding hydrogens is 334 g/mol. The number of amides is 2. The summed E-state index contributed by atoms with van der Waals surface area (Å²) in [5.41, 5.74) is 2.30. The lowest BCUT2D eigenvalue weighted by Crippen LogP contribution is -2.43. The van der Waals surface area contributed by atoms with Crippen LogP contribution in [0.1, 0.15) is 40.5 Å². The van der Waals surface area contributed by atoms with Gasteiger partial charge in [-0.3, -0.25) is 9.59 Å². The topological polar surface area (TPSA) is 91.6 Å². The summed E-state index contributed by atoms with van der Waals surface area (Å²) in [6.07, 6.45) is 1.79. The van der Waals surface area contributed by atoms with Gasteiger partial charge in [0.1, 0.15) is 0 Å². The van der Waals surface area contributed by atoms with E-state index < -0.39 is 0 Å². The molecule has 0 bridgehead atoms. The van der Waals surface area contributed by atoms with E-state index in [1.54, 1.807) is 13.1 Å². The van der Waals surface area contributed by atoms with Crippen LogP contribution in [-0.2, 0) is 4.79 Å². The number of aryl methyl sites for hydroxylation is 1. The second kappa shape index (κ2) is 7.41. The molecule has 8 heteroatoms. The quantitative estimate of drug-likeness (QED) is 0.881. The Kier molecular flexibility index (Phi) is 5.22. The van der Waals surface area contributed by atoms with Crippen molar-refractivity contribution in [3.05, 3.63) is 23.0 Å². The van der Waals surface area contributed by atoms with Gasteiger partial charge in [0.05, 0.1) is 23.2 Å². The molecule has 2 aromatic rings. The molecule has 8 nitrogen and oxygen atoms in total. The molecule has 3 rings (SSSR count). The second-order valence-electron chi connectivity index (χ2n) is 7.05. The molecule has 0 saturated carbocycles. The van der Waals surface area contributed by atoms with Crippen molar-refractivity contribution in [1.82, 2.24) is 25.3 Å². The molecule has 26 heavy (non-hydrogen) atoms. The van der Waals surface area contributed by atoms with Crippen LogP contribution in [0.15, 0.2) is 10.6 Å². The first-order valence-electron chi connectivity index (χ1n) is 8.82. The van der Waals surface area contributed by atoms with Crippen molar-refractivity contribution in [2.24, 2.45) is 0 Å². The summed E-state index contributed by atoms with van der Waals surface area (Å²) >= 11 is 0. The van der Waals surface area contributed by atoms with Crippen LogP contribution < -0.4 is 5.32 Å². The molecule has 3 heterocycles. The molecule has 1 unspecified atom stereocenters. The first kappa shape index (κ1) is 18.3. The van der Waals surface area contributed by atoms with Gasteiger partial charge in [-0.25, -0.2) is 4.98 Å². The van der Waals surface area contributed by atoms with Crippen LogP contribution in [0.5, 0.6) is 0 Å². The lowest BCUT2D eigenvalue weighted by molar-refractivity contribution is -0.133. The number of hydrogen-bond acceptors (Lipinski definition) is 6. The van der Waals surface area contributed by atoms with Crippen LogP contribution in [0.25, 0.3) is 11.1 Å². The zero-order chi connectivity index (χ0) is 18.8. The molecular formula is C18H25N5O3. The number of carbonyl (C=O) groups is 2. The van der Waals surface area contributed by atoms with E-state index in [-0.39, 0.29) is 17.7 Å². The van der Waals surface area contributed by atoms with Gasteiger partial charge in [-0.05, 0) is 39.9 Å². The predicted molar refractivity (Wildman–Crippen MR) is 97.0 cm³/mol. The van der Waals surface area contributed by atoms with Gasteiger partial charge in [0.25, 0.3) is 11.6 Å². The highest BCUT2D eigenvalue weighted by molar-refractivity contribution is 6.06. The number of hydrogen-bond donors (Lipinski definition) is 1. The fourth-order valence-electron chi connectivity index (χ4n) is 3.49. The van der Waals surface area contributed by atoms with E-state index >= 15 is 0 Å². The molecule has 0 aliphatic carbocycles. The maximum atomic E-state index is 12.4. The number of fused-ring (bicyclic) bond motifs is 1. The highest BCUT2D eigenvalue weighted by Gasteiger charge is 2.30. The summed E-state index contributed by atoms with van der Waals surface area (Å²) in [6, 6.07) is 1.75. The summed E-state index contributed by atoms with van der Waals surface area (Å²) in [6.45, 7) is 3.53. The van der Waals surface area contributed by atoms with Crippen LogP contribution in [-0.4, -0.2) is 72.5 Å². The van der Waals surface area contributed by atoms with Gasteiger partial charge in [0.2, 0.25) is 5.91 Å². The molecule has 0 spiro atoms. The molecule has 2 aromatic heterocycles. The number of likely N-dealkylation sites (tertiary alicyclic amines) is 1. The van der Waals surface area contributed by atoms with E-state index in [1.165, 1.54) is 0 Å². The van der Waals surface area contributed by atoms with Gasteiger partial charge in [-0.2, -0.15) is 0 Å². The Balaban J connectivity index is 1.95. The second-order valence-corrected chi connectivity index (χ2v) is 7.05. The van der Waals surface area contributed by atoms with Crippen molar-refractivity contribution in [3.8, 4) is 0 Å². The molecule has 1 atom stereocenters. The first-order valence-corrected chi connectivity index (χ1v) is 8.82. The highest BCUT2D eigenvalue weighted by atomic mass is 16.5. The number of piperidine rings is 1.